The van der Waals surface area contributed by atoms with Crippen molar-refractivity contribution in [1.29, 1.82) is 0 Å². The quantitative estimate of drug-likeness (QED) is 0.641. The normalized spacial score (nSPS) is 26.0. The molecule has 7 nitrogen and oxygen atoms in total. The molecular formula is C14H24N6O. The Morgan fingerprint density at radius 3 is 3.14 bits per heavy atom. The molecule has 2 aliphatic heterocycles. The number of ether oxygens (including phenoxy) is 1. The van der Waals surface area contributed by atoms with Crippen LogP contribution in [0.1, 0.15) is 19.8 Å². The molecule has 21 heavy (non-hydrogen) atoms. The summed E-state index contributed by atoms with van der Waals surface area (Å²) in [5, 5.41) is 7.50. The monoisotopic (exact) mass is 292 g/mol. The Kier molecular flexibility index (Phi) is 4.38. The van der Waals surface area contributed by atoms with E-state index in [1.165, 1.54) is 12.8 Å². The molecule has 0 saturated carbocycles. The zero-order valence-electron chi connectivity index (χ0n) is 12.7. The summed E-state index contributed by atoms with van der Waals surface area (Å²) in [6.45, 7) is 8.42. The van der Waals surface area contributed by atoms with E-state index in [-0.39, 0.29) is 0 Å². The number of aromatic nitrogens is 3. The van der Waals surface area contributed by atoms with Crippen molar-refractivity contribution < 1.29 is 4.74 Å². The van der Waals surface area contributed by atoms with Gasteiger partial charge in [0.1, 0.15) is 12.7 Å². The zero-order valence-corrected chi connectivity index (χ0v) is 12.7. The molecule has 1 unspecified atom stereocenters. The van der Waals surface area contributed by atoms with Crippen LogP contribution < -0.4 is 5.32 Å². The van der Waals surface area contributed by atoms with Crippen LogP contribution in [-0.2, 0) is 11.3 Å². The summed E-state index contributed by atoms with van der Waals surface area (Å²) >= 11 is 0. The maximum atomic E-state index is 5.59. The molecule has 116 valence electrons. The molecule has 1 N–H and O–H groups in total. The van der Waals surface area contributed by atoms with Gasteiger partial charge in [0, 0.05) is 31.7 Å². The minimum absolute atomic E-state index is 0.363. The fraction of sp³-hybridized carbons (Fsp3) is 0.786. The van der Waals surface area contributed by atoms with Crippen molar-refractivity contribution in [2.45, 2.75) is 26.3 Å². The molecule has 1 aromatic rings. The number of likely N-dealkylation sites (tertiary alicyclic amines) is 1. The van der Waals surface area contributed by atoms with Crippen LogP contribution in [0.25, 0.3) is 0 Å². The SMILES string of the molecule is CCNC(=NCCn1cncn1)N1CCC2(CCOC2)C1. The molecule has 1 atom stereocenters. The lowest BCUT2D eigenvalue weighted by Crippen LogP contribution is -2.41. The highest BCUT2D eigenvalue weighted by atomic mass is 16.5. The van der Waals surface area contributed by atoms with E-state index in [4.69, 9.17) is 9.73 Å². The average Bonchev–Trinajstić information content (AvgIpc) is 3.22. The number of hydrogen-bond acceptors (Lipinski definition) is 4. The van der Waals surface area contributed by atoms with E-state index < -0.39 is 0 Å². The first-order valence-corrected chi connectivity index (χ1v) is 7.75. The average molecular weight is 292 g/mol. The Hall–Kier alpha value is -1.63. The second-order valence-electron chi connectivity index (χ2n) is 5.87. The van der Waals surface area contributed by atoms with E-state index in [2.05, 4.69) is 27.2 Å². The highest BCUT2D eigenvalue weighted by molar-refractivity contribution is 5.80. The Morgan fingerprint density at radius 2 is 2.43 bits per heavy atom. The maximum Gasteiger partial charge on any atom is 0.193 e. The molecule has 2 fully saturated rings. The molecule has 0 amide bonds. The van der Waals surface area contributed by atoms with Crippen molar-refractivity contribution in [3.05, 3.63) is 12.7 Å². The maximum absolute atomic E-state index is 5.59. The van der Waals surface area contributed by atoms with Gasteiger partial charge in [0.2, 0.25) is 0 Å². The minimum Gasteiger partial charge on any atom is -0.381 e. The van der Waals surface area contributed by atoms with Crippen LogP contribution >= 0.6 is 0 Å². The molecule has 0 aromatic carbocycles. The largest absolute Gasteiger partial charge is 0.381 e. The fourth-order valence-corrected chi connectivity index (χ4v) is 3.12. The van der Waals surface area contributed by atoms with E-state index in [1.54, 1.807) is 12.7 Å². The van der Waals surface area contributed by atoms with Gasteiger partial charge < -0.3 is 15.0 Å². The highest BCUT2D eigenvalue weighted by Crippen LogP contribution is 2.38. The molecule has 3 rings (SSSR count). The molecule has 1 aromatic heterocycles. The molecule has 7 heteroatoms. The van der Waals surface area contributed by atoms with Crippen molar-refractivity contribution in [3.8, 4) is 0 Å². The number of guanidine groups is 1. The summed E-state index contributed by atoms with van der Waals surface area (Å²) in [5.74, 6) is 1.02. The van der Waals surface area contributed by atoms with Crippen LogP contribution in [0.2, 0.25) is 0 Å². The van der Waals surface area contributed by atoms with Gasteiger partial charge in [0.05, 0.1) is 19.7 Å². The van der Waals surface area contributed by atoms with Gasteiger partial charge >= 0.3 is 0 Å². The molecule has 0 radical (unpaired) electrons. The van der Waals surface area contributed by atoms with Crippen molar-refractivity contribution in [2.24, 2.45) is 10.4 Å². The zero-order chi connectivity index (χ0) is 14.5. The van der Waals surface area contributed by atoms with Gasteiger partial charge in [-0.05, 0) is 19.8 Å². The first-order chi connectivity index (χ1) is 10.3. The van der Waals surface area contributed by atoms with E-state index >= 15 is 0 Å². The number of nitrogens with one attached hydrogen (secondary N) is 1. The first kappa shape index (κ1) is 14.3. The second kappa shape index (κ2) is 6.43. The Balaban J connectivity index is 1.58. The first-order valence-electron chi connectivity index (χ1n) is 7.75. The van der Waals surface area contributed by atoms with Crippen LogP contribution in [-0.4, -0.2) is 65.0 Å². The summed E-state index contributed by atoms with van der Waals surface area (Å²) in [7, 11) is 0. The van der Waals surface area contributed by atoms with Gasteiger partial charge in [-0.25, -0.2) is 4.98 Å². The van der Waals surface area contributed by atoms with Crippen molar-refractivity contribution in [2.75, 3.05) is 39.4 Å². The van der Waals surface area contributed by atoms with E-state index in [9.17, 15) is 0 Å². The fourth-order valence-electron chi connectivity index (χ4n) is 3.12. The molecular weight excluding hydrogens is 268 g/mol. The minimum atomic E-state index is 0.363. The predicted octanol–water partition coefficient (Wildman–Crippen LogP) is 0.356. The third kappa shape index (κ3) is 3.34. The Morgan fingerprint density at radius 1 is 1.48 bits per heavy atom. The van der Waals surface area contributed by atoms with E-state index in [1.807, 2.05) is 4.68 Å². The van der Waals surface area contributed by atoms with Gasteiger partial charge in [-0.15, -0.1) is 0 Å². The van der Waals surface area contributed by atoms with Crippen LogP contribution in [0.3, 0.4) is 0 Å². The second-order valence-corrected chi connectivity index (χ2v) is 5.87. The topological polar surface area (TPSA) is 67.6 Å². The van der Waals surface area contributed by atoms with Gasteiger partial charge in [0.25, 0.3) is 0 Å². The summed E-state index contributed by atoms with van der Waals surface area (Å²) in [4.78, 5) is 11.0. The van der Waals surface area contributed by atoms with E-state index in [0.29, 0.717) is 12.0 Å². The molecule has 3 heterocycles. The highest BCUT2D eigenvalue weighted by Gasteiger charge is 2.42. The summed E-state index contributed by atoms with van der Waals surface area (Å²) in [6.07, 6.45) is 5.67. The van der Waals surface area contributed by atoms with Crippen LogP contribution in [0.4, 0.5) is 0 Å². The molecule has 1 spiro atoms. The summed E-state index contributed by atoms with van der Waals surface area (Å²) in [6, 6.07) is 0. The van der Waals surface area contributed by atoms with Crippen molar-refractivity contribution >= 4 is 5.96 Å². The molecule has 2 saturated heterocycles. The van der Waals surface area contributed by atoms with Gasteiger partial charge in [-0.3, -0.25) is 9.67 Å². The lowest BCUT2D eigenvalue weighted by molar-refractivity contribution is 0.156. The summed E-state index contributed by atoms with van der Waals surface area (Å²) in [5.41, 5.74) is 0.363. The van der Waals surface area contributed by atoms with E-state index in [0.717, 1.165) is 45.4 Å². The Labute approximate surface area is 125 Å². The third-order valence-corrected chi connectivity index (χ3v) is 4.31. The van der Waals surface area contributed by atoms with Gasteiger partial charge in [0.15, 0.2) is 5.96 Å². The molecule has 2 aliphatic rings. The summed E-state index contributed by atoms with van der Waals surface area (Å²) < 4.78 is 7.40. The van der Waals surface area contributed by atoms with Gasteiger partial charge in [-0.2, -0.15) is 5.10 Å². The smallest absolute Gasteiger partial charge is 0.193 e. The molecule has 0 aliphatic carbocycles. The van der Waals surface area contributed by atoms with Gasteiger partial charge in [-0.1, -0.05) is 0 Å². The van der Waals surface area contributed by atoms with Crippen molar-refractivity contribution in [3.63, 3.8) is 0 Å². The van der Waals surface area contributed by atoms with Crippen LogP contribution in [0.15, 0.2) is 17.6 Å². The standard InChI is InChI=1S/C14H24N6O/c1-2-16-13(17-5-7-20-12-15-11-18-20)19-6-3-14(9-19)4-8-21-10-14/h11-12H,2-10H2,1H3,(H,16,17). The lowest BCUT2D eigenvalue weighted by atomic mass is 9.87. The number of nitrogens with zero attached hydrogens (tertiary/aromatic N) is 5. The predicted molar refractivity (Wildman–Crippen MR) is 80.1 cm³/mol. The lowest BCUT2D eigenvalue weighted by Gasteiger charge is -2.24. The molecule has 0 bridgehead atoms. The number of aliphatic imine (C=N–C) groups is 1. The van der Waals surface area contributed by atoms with Crippen LogP contribution in [0.5, 0.6) is 0 Å². The Bertz CT molecular complexity index is 466. The van der Waals surface area contributed by atoms with Crippen molar-refractivity contribution in [1.82, 2.24) is 25.0 Å². The number of hydrogen-bond donors (Lipinski definition) is 1. The van der Waals surface area contributed by atoms with Crippen LogP contribution in [0, 0.1) is 5.41 Å². The third-order valence-electron chi connectivity index (χ3n) is 4.31. The number of rotatable bonds is 4.